The molecule has 0 amide bonds. The summed E-state index contributed by atoms with van der Waals surface area (Å²) >= 11 is 5.93. The number of H-pyrrole nitrogens is 1. The SMILES string of the molecule is O=C(c1ccc(-c2ccc(Cl)cc2)cc1)C1CCC(Cn2c(=O)cc[nH]c2=O)C1C(=O)O. The summed E-state index contributed by atoms with van der Waals surface area (Å²) in [6.45, 7) is -0.0365. The number of aromatic amines is 1. The number of aromatic nitrogens is 2. The number of hydrogen-bond donors (Lipinski definition) is 2. The van der Waals surface area contributed by atoms with Gasteiger partial charge in [-0.2, -0.15) is 0 Å². The summed E-state index contributed by atoms with van der Waals surface area (Å²) in [6, 6.07) is 15.6. The van der Waals surface area contributed by atoms with Gasteiger partial charge in [0.2, 0.25) is 0 Å². The molecule has 32 heavy (non-hydrogen) atoms. The van der Waals surface area contributed by atoms with Crippen LogP contribution in [0.25, 0.3) is 11.1 Å². The molecular formula is C24H21ClN2O5. The molecule has 1 aliphatic carbocycles. The van der Waals surface area contributed by atoms with Crippen LogP contribution in [0.3, 0.4) is 0 Å². The van der Waals surface area contributed by atoms with Crippen molar-refractivity contribution < 1.29 is 14.7 Å². The Kier molecular flexibility index (Phi) is 6.10. The third-order valence-electron chi connectivity index (χ3n) is 6.12. The average Bonchev–Trinajstić information content (AvgIpc) is 3.20. The molecule has 8 heteroatoms. The number of aliphatic carboxylic acids is 1. The molecule has 4 rings (SSSR count). The van der Waals surface area contributed by atoms with Crippen LogP contribution in [-0.2, 0) is 11.3 Å². The van der Waals surface area contributed by atoms with Crippen LogP contribution in [-0.4, -0.2) is 26.4 Å². The number of carbonyl (C=O) groups is 2. The van der Waals surface area contributed by atoms with E-state index in [1.54, 1.807) is 24.3 Å². The lowest BCUT2D eigenvalue weighted by molar-refractivity contribution is -0.144. The summed E-state index contributed by atoms with van der Waals surface area (Å²) in [6.07, 6.45) is 2.08. The van der Waals surface area contributed by atoms with Crippen molar-refractivity contribution >= 4 is 23.4 Å². The number of hydrogen-bond acceptors (Lipinski definition) is 4. The summed E-state index contributed by atoms with van der Waals surface area (Å²) in [4.78, 5) is 51.7. The van der Waals surface area contributed by atoms with Gasteiger partial charge in [-0.25, -0.2) is 4.79 Å². The van der Waals surface area contributed by atoms with E-state index in [2.05, 4.69) is 4.98 Å². The van der Waals surface area contributed by atoms with Crippen molar-refractivity contribution in [2.45, 2.75) is 19.4 Å². The summed E-state index contributed by atoms with van der Waals surface area (Å²) < 4.78 is 0.994. The molecule has 1 saturated carbocycles. The molecule has 0 radical (unpaired) electrons. The maximum atomic E-state index is 13.2. The molecule has 1 heterocycles. The highest BCUT2D eigenvalue weighted by atomic mass is 35.5. The Morgan fingerprint density at radius 3 is 2.19 bits per heavy atom. The topological polar surface area (TPSA) is 109 Å². The first kappa shape index (κ1) is 21.8. The molecule has 164 valence electrons. The van der Waals surface area contributed by atoms with Gasteiger partial charge in [0.15, 0.2) is 5.78 Å². The lowest BCUT2D eigenvalue weighted by atomic mass is 9.84. The minimum atomic E-state index is -1.09. The van der Waals surface area contributed by atoms with Crippen molar-refractivity contribution in [3.8, 4) is 11.1 Å². The Labute approximate surface area is 188 Å². The number of benzene rings is 2. The van der Waals surface area contributed by atoms with Gasteiger partial charge in [-0.1, -0.05) is 48.0 Å². The first-order valence-electron chi connectivity index (χ1n) is 10.3. The second-order valence-electron chi connectivity index (χ2n) is 7.99. The number of Topliss-reactive ketones (excluding diaryl/α,β-unsaturated/α-hetero) is 1. The number of carboxylic acids is 1. The number of nitrogens with one attached hydrogen (secondary N) is 1. The quantitative estimate of drug-likeness (QED) is 0.556. The van der Waals surface area contributed by atoms with E-state index in [4.69, 9.17) is 11.6 Å². The van der Waals surface area contributed by atoms with Crippen molar-refractivity contribution in [3.05, 3.63) is 92.2 Å². The Balaban J connectivity index is 1.55. The van der Waals surface area contributed by atoms with Gasteiger partial charge < -0.3 is 10.1 Å². The van der Waals surface area contributed by atoms with Gasteiger partial charge in [-0.3, -0.25) is 19.0 Å². The molecule has 1 aliphatic rings. The predicted molar refractivity (Wildman–Crippen MR) is 120 cm³/mol. The number of carbonyl (C=O) groups excluding carboxylic acids is 1. The Hall–Kier alpha value is -3.45. The number of halogens is 1. The van der Waals surface area contributed by atoms with Gasteiger partial charge in [-0.15, -0.1) is 0 Å². The van der Waals surface area contributed by atoms with Gasteiger partial charge in [-0.05, 0) is 42.0 Å². The Morgan fingerprint density at radius 2 is 1.59 bits per heavy atom. The number of nitrogens with zero attached hydrogens (tertiary/aromatic N) is 1. The Morgan fingerprint density at radius 1 is 0.969 bits per heavy atom. The normalized spacial score (nSPS) is 20.2. The molecule has 3 aromatic rings. The van der Waals surface area contributed by atoms with Crippen molar-refractivity contribution in [2.75, 3.05) is 0 Å². The second kappa shape index (κ2) is 8.96. The minimum absolute atomic E-state index is 0.0365. The lowest BCUT2D eigenvalue weighted by Crippen LogP contribution is -2.39. The third kappa shape index (κ3) is 4.29. The highest BCUT2D eigenvalue weighted by molar-refractivity contribution is 6.30. The first-order valence-corrected chi connectivity index (χ1v) is 10.6. The van der Waals surface area contributed by atoms with Gasteiger partial charge >= 0.3 is 11.7 Å². The van der Waals surface area contributed by atoms with E-state index in [-0.39, 0.29) is 12.3 Å². The van der Waals surface area contributed by atoms with Gasteiger partial charge in [0.25, 0.3) is 5.56 Å². The number of rotatable bonds is 6. The van der Waals surface area contributed by atoms with Crippen LogP contribution in [0.15, 0.2) is 70.4 Å². The van der Waals surface area contributed by atoms with Crippen LogP contribution in [0.5, 0.6) is 0 Å². The predicted octanol–water partition coefficient (Wildman–Crippen LogP) is 3.47. The fourth-order valence-corrected chi connectivity index (χ4v) is 4.62. The zero-order valence-corrected chi connectivity index (χ0v) is 17.8. The van der Waals surface area contributed by atoms with Crippen LogP contribution < -0.4 is 11.2 Å². The zero-order valence-electron chi connectivity index (χ0n) is 17.0. The molecule has 0 spiro atoms. The van der Waals surface area contributed by atoms with Gasteiger partial charge in [0.1, 0.15) is 0 Å². The largest absolute Gasteiger partial charge is 0.481 e. The molecule has 7 nitrogen and oxygen atoms in total. The minimum Gasteiger partial charge on any atom is -0.481 e. The molecule has 3 atom stereocenters. The van der Waals surface area contributed by atoms with E-state index in [0.29, 0.717) is 23.4 Å². The van der Waals surface area contributed by atoms with Crippen molar-refractivity contribution in [1.29, 1.82) is 0 Å². The van der Waals surface area contributed by atoms with Crippen LogP contribution in [0.4, 0.5) is 0 Å². The fourth-order valence-electron chi connectivity index (χ4n) is 4.50. The van der Waals surface area contributed by atoms with Crippen LogP contribution in [0.1, 0.15) is 23.2 Å². The van der Waals surface area contributed by atoms with E-state index in [1.165, 1.54) is 12.3 Å². The fraction of sp³-hybridized carbons (Fsp3) is 0.250. The molecule has 3 unspecified atom stereocenters. The molecular weight excluding hydrogens is 432 g/mol. The van der Waals surface area contributed by atoms with Crippen LogP contribution >= 0.6 is 11.6 Å². The van der Waals surface area contributed by atoms with E-state index in [0.717, 1.165) is 15.7 Å². The molecule has 0 bridgehead atoms. The molecule has 1 fully saturated rings. The molecule has 0 saturated heterocycles. The van der Waals surface area contributed by atoms with E-state index in [1.807, 2.05) is 24.3 Å². The number of carboxylic acid groups (broad SMARTS) is 1. The summed E-state index contributed by atoms with van der Waals surface area (Å²) in [5, 5.41) is 10.5. The smallest absolute Gasteiger partial charge is 0.328 e. The van der Waals surface area contributed by atoms with Crippen molar-refractivity contribution in [3.63, 3.8) is 0 Å². The molecule has 1 aromatic heterocycles. The average molecular weight is 453 g/mol. The molecule has 2 aromatic carbocycles. The van der Waals surface area contributed by atoms with Crippen LogP contribution in [0, 0.1) is 17.8 Å². The standard InChI is InChI=1S/C24H21ClN2O5/c25-18-8-5-15(6-9-18)14-1-3-16(4-2-14)22(29)19-10-7-17(21(19)23(30)31)13-27-20(28)11-12-26-24(27)32/h1-6,8-9,11-12,17,19,21H,7,10,13H2,(H,26,32)(H,30,31). The second-order valence-corrected chi connectivity index (χ2v) is 8.42. The van der Waals surface area contributed by atoms with E-state index in [9.17, 15) is 24.3 Å². The van der Waals surface area contributed by atoms with Crippen LogP contribution in [0.2, 0.25) is 5.02 Å². The van der Waals surface area contributed by atoms with E-state index >= 15 is 0 Å². The van der Waals surface area contributed by atoms with Gasteiger partial charge in [0, 0.05) is 35.3 Å². The molecule has 2 N–H and O–H groups in total. The van der Waals surface area contributed by atoms with Crippen molar-refractivity contribution in [1.82, 2.24) is 9.55 Å². The summed E-state index contributed by atoms with van der Waals surface area (Å²) in [5.74, 6) is -3.50. The zero-order chi connectivity index (χ0) is 22.8. The third-order valence-corrected chi connectivity index (χ3v) is 6.37. The maximum Gasteiger partial charge on any atom is 0.328 e. The monoisotopic (exact) mass is 452 g/mol. The van der Waals surface area contributed by atoms with Crippen molar-refractivity contribution in [2.24, 2.45) is 17.8 Å². The highest BCUT2D eigenvalue weighted by Gasteiger charge is 2.45. The first-order chi connectivity index (χ1) is 15.3. The maximum absolute atomic E-state index is 13.2. The molecule has 0 aliphatic heterocycles. The lowest BCUT2D eigenvalue weighted by Gasteiger charge is -2.20. The Bertz CT molecular complexity index is 1230. The summed E-state index contributed by atoms with van der Waals surface area (Å²) in [7, 11) is 0. The number of ketones is 1. The highest BCUT2D eigenvalue weighted by Crippen LogP contribution is 2.40. The summed E-state index contributed by atoms with van der Waals surface area (Å²) in [5.41, 5.74) is 1.23. The van der Waals surface area contributed by atoms with E-state index < -0.39 is 35.0 Å². The van der Waals surface area contributed by atoms with Gasteiger partial charge in [0.05, 0.1) is 5.92 Å².